The summed E-state index contributed by atoms with van der Waals surface area (Å²) in [6, 6.07) is 12.1. The first-order valence-corrected chi connectivity index (χ1v) is 14.6. The summed E-state index contributed by atoms with van der Waals surface area (Å²) < 4.78 is 0. The fraction of sp³-hybridized carbons (Fsp3) is 0.355. The number of piperazine rings is 1. The number of nitrogens with zero attached hydrogens (tertiary/aromatic N) is 4. The van der Waals surface area contributed by atoms with Crippen molar-refractivity contribution in [3.8, 4) is 0 Å². The van der Waals surface area contributed by atoms with Gasteiger partial charge in [-0.15, -0.1) is 0 Å². The van der Waals surface area contributed by atoms with E-state index >= 15 is 0 Å². The number of fused-ring (bicyclic) bond motifs is 2. The monoisotopic (exact) mass is 588 g/mol. The number of carbonyl (C=O) groups excluding carboxylic acids is 2. The molecule has 1 fully saturated rings. The lowest BCUT2D eigenvalue weighted by molar-refractivity contribution is 0.0643. The van der Waals surface area contributed by atoms with Crippen LogP contribution in [0.4, 0.5) is 11.4 Å². The molecule has 6 rings (SSSR count). The number of likely N-dealkylation sites (N-methyl/N-ethyl adjacent to an activating group) is 1. The molecule has 0 unspecified atom stereocenters. The smallest absolute Gasteiger partial charge is 0.261 e. The molecule has 2 amide bonds. The molecule has 42 heavy (non-hydrogen) atoms. The molecule has 218 valence electrons. The van der Waals surface area contributed by atoms with Crippen LogP contribution in [0.1, 0.15) is 49.9 Å². The van der Waals surface area contributed by atoms with Crippen molar-refractivity contribution in [2.75, 3.05) is 58.2 Å². The van der Waals surface area contributed by atoms with Crippen molar-refractivity contribution in [1.82, 2.24) is 19.7 Å². The van der Waals surface area contributed by atoms with Gasteiger partial charge in [0, 0.05) is 56.9 Å². The number of amides is 2. The quantitative estimate of drug-likeness (QED) is 0.329. The summed E-state index contributed by atoms with van der Waals surface area (Å²) in [5.41, 5.74) is 3.86. The van der Waals surface area contributed by atoms with Crippen LogP contribution in [0.25, 0.3) is 0 Å². The first-order chi connectivity index (χ1) is 20.3. The number of rotatable bonds is 9. The predicted molar refractivity (Wildman–Crippen MR) is 162 cm³/mol. The highest BCUT2D eigenvalue weighted by Gasteiger charge is 2.37. The van der Waals surface area contributed by atoms with E-state index in [2.05, 4.69) is 27.1 Å². The Balaban J connectivity index is 1.16. The lowest BCUT2D eigenvalue weighted by Crippen LogP contribution is -2.45. The number of anilines is 1. The van der Waals surface area contributed by atoms with Gasteiger partial charge in [-0.2, -0.15) is 0 Å². The maximum Gasteiger partial charge on any atom is 0.261 e. The Labute approximate surface area is 248 Å². The normalized spacial score (nSPS) is 17.8. The van der Waals surface area contributed by atoms with Gasteiger partial charge in [0.2, 0.25) is 0 Å². The SMILES string of the molecule is CN1CCN(CCCN2C(=O)c3cc4c(cc3C2=O)N=C(c2c(NC[C@@H](O)c3cccc(Cl)c3)cc[nH]c2=O)C4)CC1. The average Bonchev–Trinajstić information content (AvgIpc) is 3.49. The Morgan fingerprint density at radius 1 is 1.02 bits per heavy atom. The summed E-state index contributed by atoms with van der Waals surface area (Å²) in [5, 5.41) is 14.4. The standard InChI is InChI=1S/C31H33ClN6O4/c1-36-10-12-37(13-11-36)8-3-9-38-30(41)22-15-20-16-26(35-25(20)17-23(22)31(38)42)28-24(6-7-33-29(28)40)34-18-27(39)19-4-2-5-21(32)14-19/h2,4-7,14-15,17,27,39H,3,8-13,16,18H2,1H3,(H2,33,34,40)/t27-/m1/s1. The van der Waals surface area contributed by atoms with Gasteiger partial charge in [0.05, 0.1) is 39.9 Å². The van der Waals surface area contributed by atoms with E-state index in [1.807, 2.05) is 0 Å². The van der Waals surface area contributed by atoms with E-state index in [1.54, 1.807) is 42.5 Å². The second-order valence-electron chi connectivity index (χ2n) is 11.1. The third-order valence-corrected chi connectivity index (χ3v) is 8.44. The summed E-state index contributed by atoms with van der Waals surface area (Å²) in [5.74, 6) is -0.575. The largest absolute Gasteiger partial charge is 0.387 e. The van der Waals surface area contributed by atoms with Crippen LogP contribution in [0.2, 0.25) is 5.02 Å². The number of aliphatic imine (C=N–C) groups is 1. The van der Waals surface area contributed by atoms with Crippen molar-refractivity contribution in [2.24, 2.45) is 4.99 Å². The number of aliphatic hydroxyl groups excluding tert-OH is 1. The average molecular weight is 589 g/mol. The molecule has 3 aliphatic heterocycles. The van der Waals surface area contributed by atoms with Gasteiger partial charge in [0.15, 0.2) is 0 Å². The van der Waals surface area contributed by atoms with E-state index in [0.717, 1.165) is 44.7 Å². The van der Waals surface area contributed by atoms with Crippen LogP contribution >= 0.6 is 11.6 Å². The van der Waals surface area contributed by atoms with Gasteiger partial charge >= 0.3 is 0 Å². The first kappa shape index (κ1) is 28.3. The Morgan fingerprint density at radius 3 is 2.55 bits per heavy atom. The van der Waals surface area contributed by atoms with Gasteiger partial charge in [-0.05, 0) is 61.5 Å². The zero-order valence-corrected chi connectivity index (χ0v) is 24.2. The van der Waals surface area contributed by atoms with Gasteiger partial charge in [-0.25, -0.2) is 0 Å². The van der Waals surface area contributed by atoms with Gasteiger partial charge in [0.25, 0.3) is 17.4 Å². The van der Waals surface area contributed by atoms with Crippen molar-refractivity contribution in [1.29, 1.82) is 0 Å². The van der Waals surface area contributed by atoms with E-state index in [9.17, 15) is 19.5 Å². The molecule has 11 heteroatoms. The lowest BCUT2D eigenvalue weighted by Gasteiger charge is -2.32. The number of aromatic nitrogens is 1. The minimum atomic E-state index is -0.844. The van der Waals surface area contributed by atoms with Crippen molar-refractivity contribution < 1.29 is 14.7 Å². The number of H-pyrrole nitrogens is 1. The molecule has 3 aliphatic rings. The lowest BCUT2D eigenvalue weighted by atomic mass is 10.00. The molecule has 1 aromatic heterocycles. The molecule has 0 aliphatic carbocycles. The van der Waals surface area contributed by atoms with E-state index in [4.69, 9.17) is 16.6 Å². The number of halogens is 1. The van der Waals surface area contributed by atoms with Crippen molar-refractivity contribution in [2.45, 2.75) is 18.9 Å². The third-order valence-electron chi connectivity index (χ3n) is 8.20. The highest BCUT2D eigenvalue weighted by atomic mass is 35.5. The van der Waals surface area contributed by atoms with Crippen LogP contribution in [-0.4, -0.2) is 95.2 Å². The fourth-order valence-corrected chi connectivity index (χ4v) is 6.00. The van der Waals surface area contributed by atoms with Gasteiger partial charge in [0.1, 0.15) is 0 Å². The van der Waals surface area contributed by atoms with Gasteiger partial charge in [-0.1, -0.05) is 23.7 Å². The number of aromatic amines is 1. The highest BCUT2D eigenvalue weighted by Crippen LogP contribution is 2.36. The van der Waals surface area contributed by atoms with Crippen LogP contribution in [0.5, 0.6) is 0 Å². The Hall–Kier alpha value is -3.83. The summed E-state index contributed by atoms with van der Waals surface area (Å²) in [6.07, 6.45) is 1.76. The van der Waals surface area contributed by atoms with Crippen molar-refractivity contribution >= 4 is 40.5 Å². The molecular weight excluding hydrogens is 556 g/mol. The van der Waals surface area contributed by atoms with Crippen LogP contribution in [0, 0.1) is 0 Å². The molecule has 1 atom stereocenters. The number of nitrogens with one attached hydrogen (secondary N) is 2. The van der Waals surface area contributed by atoms with Crippen molar-refractivity contribution in [3.63, 3.8) is 0 Å². The molecule has 2 aromatic carbocycles. The van der Waals surface area contributed by atoms with E-state index in [-0.39, 0.29) is 23.9 Å². The number of pyridine rings is 1. The minimum absolute atomic E-state index is 0.152. The molecule has 0 spiro atoms. The number of carbonyl (C=O) groups is 2. The molecule has 4 heterocycles. The summed E-state index contributed by atoms with van der Waals surface area (Å²) >= 11 is 6.06. The molecule has 3 aromatic rings. The van der Waals surface area contributed by atoms with Crippen LogP contribution < -0.4 is 10.9 Å². The van der Waals surface area contributed by atoms with Crippen LogP contribution in [0.15, 0.2) is 58.4 Å². The predicted octanol–water partition coefficient (Wildman–Crippen LogP) is 3.08. The summed E-state index contributed by atoms with van der Waals surface area (Å²) in [4.78, 5) is 52.8. The molecular formula is C31H33ClN6O4. The number of benzene rings is 2. The highest BCUT2D eigenvalue weighted by molar-refractivity contribution is 6.30. The van der Waals surface area contributed by atoms with Crippen LogP contribution in [0.3, 0.4) is 0 Å². The third kappa shape index (κ3) is 5.63. The molecule has 10 nitrogen and oxygen atoms in total. The van der Waals surface area contributed by atoms with Crippen molar-refractivity contribution in [3.05, 3.63) is 91.9 Å². The summed E-state index contributed by atoms with van der Waals surface area (Å²) in [7, 11) is 2.11. The molecule has 0 bridgehead atoms. The van der Waals surface area contributed by atoms with E-state index in [0.29, 0.717) is 57.3 Å². The molecule has 0 radical (unpaired) electrons. The second-order valence-corrected chi connectivity index (χ2v) is 11.5. The minimum Gasteiger partial charge on any atom is -0.387 e. The molecule has 0 saturated carbocycles. The van der Waals surface area contributed by atoms with Gasteiger partial charge in [-0.3, -0.25) is 24.3 Å². The Morgan fingerprint density at radius 2 is 1.79 bits per heavy atom. The number of imide groups is 1. The van der Waals surface area contributed by atoms with Gasteiger partial charge < -0.3 is 25.2 Å². The maximum absolute atomic E-state index is 13.2. The zero-order valence-electron chi connectivity index (χ0n) is 23.4. The summed E-state index contributed by atoms with van der Waals surface area (Å²) in [6.45, 7) is 5.43. The molecule has 1 saturated heterocycles. The topological polar surface area (TPSA) is 121 Å². The number of aliphatic hydroxyl groups is 1. The van der Waals surface area contributed by atoms with E-state index < -0.39 is 6.10 Å². The fourth-order valence-electron chi connectivity index (χ4n) is 5.80. The second kappa shape index (κ2) is 11.8. The Bertz CT molecular complexity index is 1630. The number of hydrogen-bond donors (Lipinski definition) is 3. The zero-order chi connectivity index (χ0) is 29.4. The van der Waals surface area contributed by atoms with E-state index in [1.165, 1.54) is 11.1 Å². The molecule has 3 N–H and O–H groups in total. The maximum atomic E-state index is 13.2. The Kier molecular flexibility index (Phi) is 7.96. The van der Waals surface area contributed by atoms with Crippen LogP contribution in [-0.2, 0) is 6.42 Å². The number of hydrogen-bond acceptors (Lipinski definition) is 8. The first-order valence-electron chi connectivity index (χ1n) is 14.2.